The Bertz CT molecular complexity index is 372. The zero-order valence-corrected chi connectivity index (χ0v) is 11.6. The molecule has 100 valence electrons. The molecule has 0 aliphatic carbocycles. The van der Waals surface area contributed by atoms with Crippen LogP contribution < -0.4 is 10.1 Å². The molecule has 0 fully saturated rings. The molecule has 0 saturated carbocycles. The number of nitrogens with zero attached hydrogens (tertiary/aromatic N) is 1. The fourth-order valence-electron chi connectivity index (χ4n) is 1.43. The summed E-state index contributed by atoms with van der Waals surface area (Å²) >= 11 is 0. The second-order valence-electron chi connectivity index (χ2n) is 4.70. The molecule has 0 bridgehead atoms. The zero-order valence-electron chi connectivity index (χ0n) is 11.6. The first kappa shape index (κ1) is 14.5. The number of hydrogen-bond donors (Lipinski definition) is 1. The lowest BCUT2D eigenvalue weighted by molar-refractivity contribution is -0.127. The summed E-state index contributed by atoms with van der Waals surface area (Å²) in [6, 6.07) is 7.91. The van der Waals surface area contributed by atoms with Crippen molar-refractivity contribution in [2.24, 2.45) is 0 Å². The molecule has 0 aliphatic rings. The van der Waals surface area contributed by atoms with Gasteiger partial charge in [0, 0.05) is 20.6 Å². The molecule has 0 heterocycles. The first-order valence-electron chi connectivity index (χ1n) is 6.15. The van der Waals surface area contributed by atoms with Gasteiger partial charge in [-0.15, -0.1) is 0 Å². The van der Waals surface area contributed by atoms with E-state index >= 15 is 0 Å². The summed E-state index contributed by atoms with van der Waals surface area (Å²) < 4.78 is 5.56. The molecule has 1 rings (SSSR count). The lowest BCUT2D eigenvalue weighted by Gasteiger charge is -2.12. The highest BCUT2D eigenvalue weighted by atomic mass is 16.5. The zero-order chi connectivity index (χ0) is 13.5. The number of rotatable bonds is 6. The van der Waals surface area contributed by atoms with Crippen LogP contribution in [0.25, 0.3) is 0 Å². The fourth-order valence-corrected chi connectivity index (χ4v) is 1.43. The van der Waals surface area contributed by atoms with E-state index in [2.05, 4.69) is 5.32 Å². The third-order valence-corrected chi connectivity index (χ3v) is 2.40. The predicted octanol–water partition coefficient (Wildman–Crippen LogP) is 1.65. The van der Waals surface area contributed by atoms with Crippen molar-refractivity contribution >= 4 is 5.91 Å². The van der Waals surface area contributed by atoms with Crippen LogP contribution in [-0.2, 0) is 11.3 Å². The third kappa shape index (κ3) is 5.19. The summed E-state index contributed by atoms with van der Waals surface area (Å²) in [6.07, 6.45) is 0.187. The topological polar surface area (TPSA) is 41.6 Å². The van der Waals surface area contributed by atoms with Gasteiger partial charge in [0.25, 0.3) is 0 Å². The highest BCUT2D eigenvalue weighted by molar-refractivity contribution is 5.77. The molecule has 1 N–H and O–H groups in total. The third-order valence-electron chi connectivity index (χ3n) is 2.40. The molecule has 1 aromatic carbocycles. The summed E-state index contributed by atoms with van der Waals surface area (Å²) in [5, 5.41) is 3.11. The Labute approximate surface area is 109 Å². The number of carbonyl (C=O) groups excluding carboxylic acids is 1. The fraction of sp³-hybridized carbons (Fsp3) is 0.500. The highest BCUT2D eigenvalue weighted by Crippen LogP contribution is 2.13. The van der Waals surface area contributed by atoms with E-state index in [1.54, 1.807) is 19.0 Å². The van der Waals surface area contributed by atoms with E-state index < -0.39 is 0 Å². The number of amides is 1. The van der Waals surface area contributed by atoms with Gasteiger partial charge < -0.3 is 15.0 Å². The van der Waals surface area contributed by atoms with Crippen LogP contribution in [0.15, 0.2) is 24.3 Å². The Hall–Kier alpha value is -1.55. The summed E-state index contributed by atoms with van der Waals surface area (Å²) in [5.41, 5.74) is 1.14. The first-order chi connectivity index (χ1) is 8.49. The quantitative estimate of drug-likeness (QED) is 0.834. The molecule has 0 spiro atoms. The predicted molar refractivity (Wildman–Crippen MR) is 72.6 cm³/mol. The maximum absolute atomic E-state index is 11.4. The van der Waals surface area contributed by atoms with E-state index in [0.29, 0.717) is 13.1 Å². The lowest BCUT2D eigenvalue weighted by atomic mass is 10.2. The maximum atomic E-state index is 11.4. The lowest BCUT2D eigenvalue weighted by Crippen LogP contribution is -2.32. The molecule has 0 saturated heterocycles. The molecule has 1 amide bonds. The molecule has 18 heavy (non-hydrogen) atoms. The number of nitrogens with one attached hydrogen (secondary N) is 1. The second kappa shape index (κ2) is 7.01. The normalized spacial score (nSPS) is 10.5. The van der Waals surface area contributed by atoms with Crippen molar-refractivity contribution in [1.82, 2.24) is 10.2 Å². The molecule has 0 aliphatic heterocycles. The van der Waals surface area contributed by atoms with Gasteiger partial charge in [-0.25, -0.2) is 0 Å². The van der Waals surface area contributed by atoms with Gasteiger partial charge in [-0.3, -0.25) is 4.79 Å². The van der Waals surface area contributed by atoms with Crippen LogP contribution in [0, 0.1) is 0 Å². The van der Waals surface area contributed by atoms with Gasteiger partial charge in [0.2, 0.25) is 5.91 Å². The Balaban J connectivity index is 2.37. The van der Waals surface area contributed by atoms with Crippen molar-refractivity contribution in [2.45, 2.75) is 26.5 Å². The second-order valence-corrected chi connectivity index (χ2v) is 4.70. The highest BCUT2D eigenvalue weighted by Gasteiger charge is 2.03. The van der Waals surface area contributed by atoms with Crippen LogP contribution in [0.2, 0.25) is 0 Å². The van der Waals surface area contributed by atoms with E-state index in [1.165, 1.54) is 0 Å². The molecule has 0 radical (unpaired) electrons. The molecule has 0 aromatic heterocycles. The number of ether oxygens (including phenoxy) is 1. The Morgan fingerprint density at radius 1 is 1.28 bits per heavy atom. The number of likely N-dealkylation sites (N-methyl/N-ethyl adjacent to an activating group) is 1. The van der Waals surface area contributed by atoms with Crippen LogP contribution in [0.1, 0.15) is 19.4 Å². The van der Waals surface area contributed by atoms with Gasteiger partial charge in [0.15, 0.2) is 0 Å². The Morgan fingerprint density at radius 3 is 2.39 bits per heavy atom. The maximum Gasteiger partial charge on any atom is 0.236 e. The van der Waals surface area contributed by atoms with Gasteiger partial charge in [-0.05, 0) is 31.5 Å². The monoisotopic (exact) mass is 250 g/mol. The molecular formula is C14H22N2O2. The van der Waals surface area contributed by atoms with Crippen molar-refractivity contribution in [3.63, 3.8) is 0 Å². The van der Waals surface area contributed by atoms with Crippen LogP contribution in [-0.4, -0.2) is 37.6 Å². The number of benzene rings is 1. The standard InChI is InChI=1S/C14H22N2O2/c1-11(2)18-13-7-5-12(6-8-13)9-15-10-14(17)16(3)4/h5-8,11,15H,9-10H2,1-4H3. The van der Waals surface area contributed by atoms with Crippen LogP contribution in [0.3, 0.4) is 0 Å². The van der Waals surface area contributed by atoms with Crippen LogP contribution >= 0.6 is 0 Å². The number of carbonyl (C=O) groups is 1. The van der Waals surface area contributed by atoms with E-state index in [0.717, 1.165) is 11.3 Å². The van der Waals surface area contributed by atoms with Crippen molar-refractivity contribution in [2.75, 3.05) is 20.6 Å². The molecule has 1 aromatic rings. The summed E-state index contributed by atoms with van der Waals surface area (Å²) in [5.74, 6) is 0.952. The van der Waals surface area contributed by atoms with Crippen LogP contribution in [0.5, 0.6) is 5.75 Å². The van der Waals surface area contributed by atoms with Crippen molar-refractivity contribution in [3.05, 3.63) is 29.8 Å². The average Bonchev–Trinajstić information content (AvgIpc) is 2.30. The van der Waals surface area contributed by atoms with E-state index in [1.807, 2.05) is 38.1 Å². The smallest absolute Gasteiger partial charge is 0.236 e. The van der Waals surface area contributed by atoms with Gasteiger partial charge in [0.1, 0.15) is 5.75 Å². The van der Waals surface area contributed by atoms with Crippen molar-refractivity contribution in [3.8, 4) is 5.75 Å². The van der Waals surface area contributed by atoms with Crippen molar-refractivity contribution in [1.29, 1.82) is 0 Å². The van der Waals surface area contributed by atoms with Crippen molar-refractivity contribution < 1.29 is 9.53 Å². The van der Waals surface area contributed by atoms with Gasteiger partial charge in [0.05, 0.1) is 12.6 Å². The van der Waals surface area contributed by atoms with E-state index in [4.69, 9.17) is 4.74 Å². The summed E-state index contributed by atoms with van der Waals surface area (Å²) in [7, 11) is 3.50. The summed E-state index contributed by atoms with van der Waals surface area (Å²) in [6.45, 7) is 5.05. The van der Waals surface area contributed by atoms with E-state index in [-0.39, 0.29) is 12.0 Å². The van der Waals surface area contributed by atoms with Gasteiger partial charge >= 0.3 is 0 Å². The minimum Gasteiger partial charge on any atom is -0.491 e. The molecular weight excluding hydrogens is 228 g/mol. The van der Waals surface area contributed by atoms with Gasteiger partial charge in [-0.1, -0.05) is 12.1 Å². The van der Waals surface area contributed by atoms with Gasteiger partial charge in [-0.2, -0.15) is 0 Å². The average molecular weight is 250 g/mol. The van der Waals surface area contributed by atoms with E-state index in [9.17, 15) is 4.79 Å². The molecule has 0 unspecified atom stereocenters. The minimum absolute atomic E-state index is 0.0785. The number of hydrogen-bond acceptors (Lipinski definition) is 3. The molecule has 4 nitrogen and oxygen atoms in total. The first-order valence-corrected chi connectivity index (χ1v) is 6.15. The molecule has 4 heteroatoms. The largest absolute Gasteiger partial charge is 0.491 e. The van der Waals surface area contributed by atoms with Crippen LogP contribution in [0.4, 0.5) is 0 Å². The minimum atomic E-state index is 0.0785. The summed E-state index contributed by atoms with van der Waals surface area (Å²) in [4.78, 5) is 12.9. The SMILES string of the molecule is CC(C)Oc1ccc(CNCC(=O)N(C)C)cc1. The molecule has 0 atom stereocenters. The Kier molecular flexibility index (Phi) is 5.65. The Morgan fingerprint density at radius 2 is 1.89 bits per heavy atom.